The van der Waals surface area contributed by atoms with Crippen LogP contribution < -0.4 is 4.74 Å². The van der Waals surface area contributed by atoms with Crippen LogP contribution in [0.3, 0.4) is 0 Å². The Morgan fingerprint density at radius 1 is 1.38 bits per heavy atom. The minimum absolute atomic E-state index is 0.191. The van der Waals surface area contributed by atoms with Crippen LogP contribution >= 0.6 is 0 Å². The second-order valence-electron chi connectivity index (χ2n) is 5.98. The van der Waals surface area contributed by atoms with Gasteiger partial charge in [-0.25, -0.2) is 0 Å². The number of benzene rings is 1. The highest BCUT2D eigenvalue weighted by atomic mass is 16.5. The molecule has 118 valence electrons. The van der Waals surface area contributed by atoms with Gasteiger partial charge in [0.2, 0.25) is 0 Å². The van der Waals surface area contributed by atoms with Gasteiger partial charge in [-0.15, -0.1) is 0 Å². The summed E-state index contributed by atoms with van der Waals surface area (Å²) in [7, 11) is 5.70. The highest BCUT2D eigenvalue weighted by Crippen LogP contribution is 2.25. The van der Waals surface area contributed by atoms with Crippen molar-refractivity contribution in [3.63, 3.8) is 0 Å². The zero-order valence-corrected chi connectivity index (χ0v) is 13.5. The molecule has 2 unspecified atom stereocenters. The lowest BCUT2D eigenvalue weighted by molar-refractivity contribution is -0.138. The lowest BCUT2D eigenvalue weighted by Gasteiger charge is -2.24. The number of hydrogen-bond acceptors (Lipinski definition) is 3. The summed E-state index contributed by atoms with van der Waals surface area (Å²) < 4.78 is 5.24. The number of nitrogens with zero attached hydrogens (tertiary/aromatic N) is 1. The molecule has 4 heteroatoms. The normalized spacial score (nSPS) is 14.0. The van der Waals surface area contributed by atoms with E-state index in [-0.39, 0.29) is 12.3 Å². The van der Waals surface area contributed by atoms with Gasteiger partial charge >= 0.3 is 5.97 Å². The Morgan fingerprint density at radius 3 is 2.67 bits per heavy atom. The van der Waals surface area contributed by atoms with Crippen LogP contribution in [0.1, 0.15) is 25.3 Å². The predicted octanol–water partition coefficient (Wildman–Crippen LogP) is 2.92. The molecule has 0 saturated heterocycles. The van der Waals surface area contributed by atoms with E-state index >= 15 is 0 Å². The first-order valence-corrected chi connectivity index (χ1v) is 7.41. The molecule has 0 radical (unpaired) electrons. The molecule has 2 atom stereocenters. The fourth-order valence-electron chi connectivity index (χ4n) is 2.57. The molecule has 4 nitrogen and oxygen atoms in total. The summed E-state index contributed by atoms with van der Waals surface area (Å²) >= 11 is 0. The molecular formula is C17H27NO3. The highest BCUT2D eigenvalue weighted by molar-refractivity contribution is 5.67. The second-order valence-corrected chi connectivity index (χ2v) is 5.98. The van der Waals surface area contributed by atoms with Crippen molar-refractivity contribution in [2.45, 2.75) is 26.2 Å². The van der Waals surface area contributed by atoms with Crippen LogP contribution in [0.2, 0.25) is 0 Å². The van der Waals surface area contributed by atoms with E-state index in [1.807, 2.05) is 32.3 Å². The van der Waals surface area contributed by atoms with E-state index in [1.165, 1.54) is 5.56 Å². The molecule has 1 aromatic carbocycles. The third-order valence-electron chi connectivity index (χ3n) is 3.88. The van der Waals surface area contributed by atoms with Crippen LogP contribution in [-0.4, -0.2) is 43.7 Å². The van der Waals surface area contributed by atoms with Crippen molar-refractivity contribution in [1.82, 2.24) is 4.90 Å². The summed E-state index contributed by atoms with van der Waals surface area (Å²) in [6.45, 7) is 3.06. The van der Waals surface area contributed by atoms with Gasteiger partial charge in [0.25, 0.3) is 0 Å². The molecule has 0 heterocycles. The SMILES string of the molecule is COc1cccc(CC(C)C(CCN(C)C)CC(=O)O)c1. The Hall–Kier alpha value is -1.55. The molecule has 0 amide bonds. The van der Waals surface area contributed by atoms with Gasteiger partial charge < -0.3 is 14.7 Å². The molecule has 0 aromatic heterocycles. The molecule has 0 bridgehead atoms. The lowest BCUT2D eigenvalue weighted by atomic mass is 9.84. The van der Waals surface area contributed by atoms with Crippen molar-refractivity contribution < 1.29 is 14.6 Å². The van der Waals surface area contributed by atoms with E-state index in [2.05, 4.69) is 17.9 Å². The summed E-state index contributed by atoms with van der Waals surface area (Å²) in [6, 6.07) is 8.00. The van der Waals surface area contributed by atoms with E-state index in [0.29, 0.717) is 5.92 Å². The Morgan fingerprint density at radius 2 is 2.10 bits per heavy atom. The first-order chi connectivity index (χ1) is 9.92. The molecular weight excluding hydrogens is 266 g/mol. The van der Waals surface area contributed by atoms with Crippen LogP contribution in [0.25, 0.3) is 0 Å². The van der Waals surface area contributed by atoms with Crippen molar-refractivity contribution in [2.75, 3.05) is 27.7 Å². The summed E-state index contributed by atoms with van der Waals surface area (Å²) in [5, 5.41) is 9.11. The first-order valence-electron chi connectivity index (χ1n) is 7.41. The Labute approximate surface area is 127 Å². The fourth-order valence-corrected chi connectivity index (χ4v) is 2.57. The topological polar surface area (TPSA) is 49.8 Å². The predicted molar refractivity (Wildman–Crippen MR) is 84.8 cm³/mol. The quantitative estimate of drug-likeness (QED) is 0.760. The molecule has 1 rings (SSSR count). The van der Waals surface area contributed by atoms with E-state index in [9.17, 15) is 4.79 Å². The van der Waals surface area contributed by atoms with Gasteiger partial charge in [0.05, 0.1) is 7.11 Å². The zero-order chi connectivity index (χ0) is 15.8. The molecule has 1 aromatic rings. The number of methoxy groups -OCH3 is 1. The molecule has 0 aliphatic heterocycles. The number of rotatable bonds is 9. The van der Waals surface area contributed by atoms with Crippen molar-refractivity contribution >= 4 is 5.97 Å². The third-order valence-corrected chi connectivity index (χ3v) is 3.88. The van der Waals surface area contributed by atoms with E-state index in [0.717, 1.165) is 25.1 Å². The van der Waals surface area contributed by atoms with Crippen molar-refractivity contribution in [1.29, 1.82) is 0 Å². The molecule has 0 fully saturated rings. The monoisotopic (exact) mass is 293 g/mol. The average Bonchev–Trinajstić information content (AvgIpc) is 2.43. The maximum absolute atomic E-state index is 11.1. The number of carbonyl (C=O) groups is 1. The maximum atomic E-state index is 11.1. The molecule has 1 N–H and O–H groups in total. The minimum Gasteiger partial charge on any atom is -0.497 e. The summed E-state index contributed by atoms with van der Waals surface area (Å²) in [5.41, 5.74) is 1.20. The van der Waals surface area contributed by atoms with Gasteiger partial charge in [0.1, 0.15) is 5.75 Å². The number of carboxylic acid groups (broad SMARTS) is 1. The lowest BCUT2D eigenvalue weighted by Crippen LogP contribution is -2.23. The highest BCUT2D eigenvalue weighted by Gasteiger charge is 2.21. The molecule has 0 aliphatic rings. The molecule has 0 aliphatic carbocycles. The van der Waals surface area contributed by atoms with E-state index < -0.39 is 5.97 Å². The van der Waals surface area contributed by atoms with Crippen LogP contribution in [0.15, 0.2) is 24.3 Å². The summed E-state index contributed by atoms with van der Waals surface area (Å²) in [6.07, 6.45) is 2.02. The summed E-state index contributed by atoms with van der Waals surface area (Å²) in [4.78, 5) is 13.2. The van der Waals surface area contributed by atoms with Gasteiger partial charge in [0, 0.05) is 6.42 Å². The third kappa shape index (κ3) is 6.63. The standard InChI is InChI=1S/C17H27NO3/c1-13(10-14-6-5-7-16(11-14)21-4)15(12-17(19)20)8-9-18(2)3/h5-7,11,13,15H,8-10,12H2,1-4H3,(H,19,20). The number of carboxylic acids is 1. The maximum Gasteiger partial charge on any atom is 0.303 e. The van der Waals surface area contributed by atoms with Crippen LogP contribution in [0, 0.1) is 11.8 Å². The first kappa shape index (κ1) is 17.5. The average molecular weight is 293 g/mol. The summed E-state index contributed by atoms with van der Waals surface area (Å²) in [5.74, 6) is 0.656. The minimum atomic E-state index is -0.712. The molecule has 0 spiro atoms. The Kier molecular flexibility index (Phi) is 7.23. The molecule has 0 saturated carbocycles. The van der Waals surface area contributed by atoms with Gasteiger partial charge in [-0.1, -0.05) is 19.1 Å². The fraction of sp³-hybridized carbons (Fsp3) is 0.588. The van der Waals surface area contributed by atoms with Gasteiger partial charge in [-0.05, 0) is 63.0 Å². The Balaban J connectivity index is 2.69. The smallest absolute Gasteiger partial charge is 0.303 e. The second kappa shape index (κ2) is 8.67. The van der Waals surface area contributed by atoms with Gasteiger partial charge in [-0.3, -0.25) is 4.79 Å². The number of ether oxygens (including phenoxy) is 1. The van der Waals surface area contributed by atoms with E-state index in [4.69, 9.17) is 9.84 Å². The van der Waals surface area contributed by atoms with Gasteiger partial charge in [-0.2, -0.15) is 0 Å². The van der Waals surface area contributed by atoms with Gasteiger partial charge in [0.15, 0.2) is 0 Å². The Bertz CT molecular complexity index is 445. The van der Waals surface area contributed by atoms with Crippen molar-refractivity contribution in [3.05, 3.63) is 29.8 Å². The van der Waals surface area contributed by atoms with Crippen molar-refractivity contribution in [2.24, 2.45) is 11.8 Å². The van der Waals surface area contributed by atoms with Crippen LogP contribution in [0.4, 0.5) is 0 Å². The number of hydrogen-bond donors (Lipinski definition) is 1. The number of aliphatic carboxylic acids is 1. The van der Waals surface area contributed by atoms with Crippen LogP contribution in [0.5, 0.6) is 5.75 Å². The molecule has 21 heavy (non-hydrogen) atoms. The van der Waals surface area contributed by atoms with Crippen molar-refractivity contribution in [3.8, 4) is 5.75 Å². The van der Waals surface area contributed by atoms with E-state index in [1.54, 1.807) is 7.11 Å². The largest absolute Gasteiger partial charge is 0.497 e. The van der Waals surface area contributed by atoms with Crippen LogP contribution in [-0.2, 0) is 11.2 Å². The zero-order valence-electron chi connectivity index (χ0n) is 13.5.